The Balaban J connectivity index is 2.35. The lowest BCUT2D eigenvalue weighted by Gasteiger charge is -2.07. The minimum Gasteiger partial charge on any atom is -0.478 e. The Labute approximate surface area is 112 Å². The summed E-state index contributed by atoms with van der Waals surface area (Å²) in [4.78, 5) is 22.3. The third kappa shape index (κ3) is 4.70. The zero-order chi connectivity index (χ0) is 14.3. The molecular weight excluding hydrogens is 248 g/mol. The summed E-state index contributed by atoms with van der Waals surface area (Å²) >= 11 is 0. The van der Waals surface area contributed by atoms with E-state index in [4.69, 9.17) is 5.11 Å². The Morgan fingerprint density at radius 2 is 2.16 bits per heavy atom. The van der Waals surface area contributed by atoms with E-state index in [-0.39, 0.29) is 11.5 Å². The molecule has 7 heteroatoms. The lowest BCUT2D eigenvalue weighted by Crippen LogP contribution is -2.28. The minimum absolute atomic E-state index is 0.00202. The van der Waals surface area contributed by atoms with Crippen LogP contribution in [0.25, 0.3) is 0 Å². The standard InChI is InChI=1S/C12H20N4O3/c1-3-5-14-11(17)4-6-13-8-10-9(12(18)19)7-15-16(10)2/h7,13H,3-6,8H2,1-2H3,(H,14,17)(H,18,19). The van der Waals surface area contributed by atoms with E-state index < -0.39 is 5.97 Å². The van der Waals surface area contributed by atoms with Crippen LogP contribution < -0.4 is 10.6 Å². The van der Waals surface area contributed by atoms with E-state index in [9.17, 15) is 9.59 Å². The Kier molecular flexibility index (Phi) is 6.01. The third-order valence-electron chi connectivity index (χ3n) is 2.69. The van der Waals surface area contributed by atoms with E-state index >= 15 is 0 Å². The predicted octanol–water partition coefficient (Wildman–Crippen LogP) is 0.124. The number of carboxylic acid groups (broad SMARTS) is 1. The first kappa shape index (κ1) is 15.2. The van der Waals surface area contributed by atoms with Crippen molar-refractivity contribution in [2.45, 2.75) is 26.3 Å². The number of aromatic carboxylic acids is 1. The first-order chi connectivity index (χ1) is 9.06. The van der Waals surface area contributed by atoms with Gasteiger partial charge in [-0.2, -0.15) is 5.10 Å². The summed E-state index contributed by atoms with van der Waals surface area (Å²) in [5.41, 5.74) is 0.784. The zero-order valence-electron chi connectivity index (χ0n) is 11.3. The number of aryl methyl sites for hydroxylation is 1. The van der Waals surface area contributed by atoms with Crippen LogP contribution in [0.1, 0.15) is 35.8 Å². The highest BCUT2D eigenvalue weighted by Crippen LogP contribution is 2.06. The van der Waals surface area contributed by atoms with Gasteiger partial charge in [-0.05, 0) is 6.42 Å². The van der Waals surface area contributed by atoms with E-state index in [1.807, 2.05) is 6.92 Å². The zero-order valence-corrected chi connectivity index (χ0v) is 11.3. The third-order valence-corrected chi connectivity index (χ3v) is 2.69. The van der Waals surface area contributed by atoms with E-state index in [1.54, 1.807) is 7.05 Å². The second-order valence-electron chi connectivity index (χ2n) is 4.21. The molecule has 0 aromatic carbocycles. The number of hydrogen-bond acceptors (Lipinski definition) is 4. The SMILES string of the molecule is CCCNC(=O)CCNCc1c(C(=O)O)cnn1C. The van der Waals surface area contributed by atoms with Gasteiger partial charge < -0.3 is 15.7 Å². The first-order valence-electron chi connectivity index (χ1n) is 6.27. The van der Waals surface area contributed by atoms with Gasteiger partial charge in [0.25, 0.3) is 0 Å². The molecule has 0 aliphatic rings. The molecule has 1 rings (SSSR count). The molecule has 106 valence electrons. The lowest BCUT2D eigenvalue weighted by molar-refractivity contribution is -0.121. The molecule has 0 atom stereocenters. The largest absolute Gasteiger partial charge is 0.478 e. The number of aromatic nitrogens is 2. The van der Waals surface area contributed by atoms with Gasteiger partial charge in [0.1, 0.15) is 5.56 Å². The molecule has 7 nitrogen and oxygen atoms in total. The minimum atomic E-state index is -0.995. The molecule has 0 saturated carbocycles. The number of amides is 1. The van der Waals surface area contributed by atoms with Crippen molar-refractivity contribution in [3.63, 3.8) is 0 Å². The van der Waals surface area contributed by atoms with Gasteiger partial charge in [-0.15, -0.1) is 0 Å². The highest BCUT2D eigenvalue weighted by Gasteiger charge is 2.14. The maximum Gasteiger partial charge on any atom is 0.339 e. The van der Waals surface area contributed by atoms with Crippen molar-refractivity contribution in [1.82, 2.24) is 20.4 Å². The summed E-state index contributed by atoms with van der Waals surface area (Å²) in [6.07, 6.45) is 2.61. The van der Waals surface area contributed by atoms with E-state index in [0.29, 0.717) is 31.7 Å². The maximum atomic E-state index is 11.3. The molecule has 0 aliphatic carbocycles. The molecule has 0 spiro atoms. The van der Waals surface area contributed by atoms with Gasteiger partial charge in [-0.25, -0.2) is 4.79 Å². The Hall–Kier alpha value is -1.89. The smallest absolute Gasteiger partial charge is 0.339 e. The van der Waals surface area contributed by atoms with E-state index in [0.717, 1.165) is 6.42 Å². The quantitative estimate of drug-likeness (QED) is 0.582. The summed E-state index contributed by atoms with van der Waals surface area (Å²) in [5, 5.41) is 18.7. The molecule has 1 aromatic heterocycles. The fourth-order valence-electron chi connectivity index (χ4n) is 1.61. The first-order valence-corrected chi connectivity index (χ1v) is 6.27. The summed E-state index contributed by atoms with van der Waals surface area (Å²) in [6.45, 7) is 3.55. The number of hydrogen-bond donors (Lipinski definition) is 3. The van der Waals surface area contributed by atoms with Crippen molar-refractivity contribution < 1.29 is 14.7 Å². The highest BCUT2D eigenvalue weighted by atomic mass is 16.4. The second kappa shape index (κ2) is 7.52. The van der Waals surface area contributed by atoms with Crippen molar-refractivity contribution in [3.05, 3.63) is 17.5 Å². The molecule has 1 amide bonds. The Bertz CT molecular complexity index is 442. The molecule has 1 aromatic rings. The number of carbonyl (C=O) groups is 2. The molecule has 0 saturated heterocycles. The number of carboxylic acids is 1. The number of rotatable bonds is 8. The summed E-state index contributed by atoms with van der Waals surface area (Å²) in [7, 11) is 1.69. The van der Waals surface area contributed by atoms with Crippen LogP contribution in [-0.2, 0) is 18.4 Å². The molecular formula is C12H20N4O3. The Morgan fingerprint density at radius 1 is 1.42 bits per heavy atom. The van der Waals surface area contributed by atoms with Gasteiger partial charge in [-0.1, -0.05) is 6.92 Å². The van der Waals surface area contributed by atoms with Crippen molar-refractivity contribution >= 4 is 11.9 Å². The molecule has 19 heavy (non-hydrogen) atoms. The molecule has 3 N–H and O–H groups in total. The van der Waals surface area contributed by atoms with Crippen molar-refractivity contribution in [2.24, 2.45) is 7.05 Å². The van der Waals surface area contributed by atoms with Crippen molar-refractivity contribution in [3.8, 4) is 0 Å². The molecule has 1 heterocycles. The fraction of sp³-hybridized carbons (Fsp3) is 0.583. The second-order valence-corrected chi connectivity index (χ2v) is 4.21. The Morgan fingerprint density at radius 3 is 2.79 bits per heavy atom. The summed E-state index contributed by atoms with van der Waals surface area (Å²) in [6, 6.07) is 0. The van der Waals surface area contributed by atoms with Crippen LogP contribution in [0.3, 0.4) is 0 Å². The molecule has 0 radical (unpaired) electrons. The van der Waals surface area contributed by atoms with Crippen LogP contribution in [0.5, 0.6) is 0 Å². The average Bonchev–Trinajstić information content (AvgIpc) is 2.74. The maximum absolute atomic E-state index is 11.3. The van der Waals surface area contributed by atoms with Gasteiger partial charge in [-0.3, -0.25) is 9.48 Å². The van der Waals surface area contributed by atoms with Crippen LogP contribution in [0.15, 0.2) is 6.20 Å². The molecule has 0 unspecified atom stereocenters. The van der Waals surface area contributed by atoms with Gasteiger partial charge in [0.2, 0.25) is 5.91 Å². The van der Waals surface area contributed by atoms with Crippen molar-refractivity contribution in [2.75, 3.05) is 13.1 Å². The van der Waals surface area contributed by atoms with Crippen molar-refractivity contribution in [1.29, 1.82) is 0 Å². The van der Waals surface area contributed by atoms with Crippen LogP contribution in [-0.4, -0.2) is 39.9 Å². The highest BCUT2D eigenvalue weighted by molar-refractivity contribution is 5.88. The summed E-state index contributed by atoms with van der Waals surface area (Å²) in [5.74, 6) is -0.997. The van der Waals surface area contributed by atoms with Crippen LogP contribution in [0.4, 0.5) is 0 Å². The number of nitrogens with one attached hydrogen (secondary N) is 2. The number of carbonyl (C=O) groups excluding carboxylic acids is 1. The average molecular weight is 268 g/mol. The van der Waals surface area contributed by atoms with Gasteiger partial charge in [0, 0.05) is 33.1 Å². The van der Waals surface area contributed by atoms with Gasteiger partial charge >= 0.3 is 5.97 Å². The van der Waals surface area contributed by atoms with Crippen LogP contribution in [0.2, 0.25) is 0 Å². The monoisotopic (exact) mass is 268 g/mol. The van der Waals surface area contributed by atoms with E-state index in [2.05, 4.69) is 15.7 Å². The normalized spacial score (nSPS) is 10.4. The molecule has 0 aliphatic heterocycles. The molecule has 0 fully saturated rings. The van der Waals surface area contributed by atoms with Crippen LogP contribution >= 0.6 is 0 Å². The van der Waals surface area contributed by atoms with Gasteiger partial charge in [0.15, 0.2) is 0 Å². The molecule has 0 bridgehead atoms. The lowest BCUT2D eigenvalue weighted by atomic mass is 10.2. The number of nitrogens with zero attached hydrogens (tertiary/aromatic N) is 2. The topological polar surface area (TPSA) is 96.2 Å². The summed E-state index contributed by atoms with van der Waals surface area (Å²) < 4.78 is 1.52. The van der Waals surface area contributed by atoms with Crippen LogP contribution in [0, 0.1) is 0 Å². The predicted molar refractivity (Wildman–Crippen MR) is 69.8 cm³/mol. The fourth-order valence-corrected chi connectivity index (χ4v) is 1.61. The van der Waals surface area contributed by atoms with E-state index in [1.165, 1.54) is 10.9 Å². The van der Waals surface area contributed by atoms with Gasteiger partial charge in [0.05, 0.1) is 11.9 Å².